The molecule has 0 aromatic heterocycles. The Bertz CT molecular complexity index is 95.4. The van der Waals surface area contributed by atoms with Crippen LogP contribution in [0.5, 0.6) is 0 Å². The maximum atomic E-state index is 12.5. The second kappa shape index (κ2) is 2.29. The fourth-order valence-electron chi connectivity index (χ4n) is 0.433. The van der Waals surface area contributed by atoms with Crippen molar-refractivity contribution >= 4 is 0 Å². The van der Waals surface area contributed by atoms with Gasteiger partial charge in [-0.15, -0.1) is 0 Å². The number of hydrogen-bond acceptors (Lipinski definition) is 0. The fourth-order valence-corrected chi connectivity index (χ4v) is 0.433. The topological polar surface area (TPSA) is 0 Å². The van der Waals surface area contributed by atoms with Crippen LogP contribution in [-0.2, 0) is 0 Å². The van der Waals surface area contributed by atoms with Gasteiger partial charge in [-0.2, -0.15) is 0 Å². The van der Waals surface area contributed by atoms with Crippen molar-refractivity contribution < 1.29 is 4.39 Å². The molecule has 0 aliphatic carbocycles. The molecule has 0 atom stereocenters. The lowest BCUT2D eigenvalue weighted by atomic mass is 9.95. The normalized spacial score (nSPS) is 14.4. The average Bonchev–Trinajstić information content (AvgIpc) is 1.62. The van der Waals surface area contributed by atoms with Gasteiger partial charge in [0.25, 0.3) is 0 Å². The molecule has 0 unspecified atom stereocenters. The molecule has 0 radical (unpaired) electrons. The predicted octanol–water partition coefficient (Wildman–Crippen LogP) is 2.91. The summed E-state index contributed by atoms with van der Waals surface area (Å²) in [6, 6.07) is 0. The minimum absolute atomic E-state index is 0.0440. The summed E-state index contributed by atoms with van der Waals surface area (Å²) in [5.41, 5.74) is -0.297. The summed E-state index contributed by atoms with van der Waals surface area (Å²) in [4.78, 5) is 0. The Morgan fingerprint density at radius 2 is 1.75 bits per heavy atom. The molecule has 8 heavy (non-hydrogen) atoms. The third-order valence-electron chi connectivity index (χ3n) is 0.970. The monoisotopic (exact) mass is 116 g/mol. The summed E-state index contributed by atoms with van der Waals surface area (Å²) in [5, 5.41) is 0. The van der Waals surface area contributed by atoms with Gasteiger partial charge in [0, 0.05) is 5.41 Å². The molecule has 1 heteroatoms. The van der Waals surface area contributed by atoms with Crippen LogP contribution >= 0.6 is 0 Å². The van der Waals surface area contributed by atoms with Crippen LogP contribution in [0.1, 0.15) is 27.7 Å². The van der Waals surface area contributed by atoms with E-state index in [0.29, 0.717) is 0 Å². The van der Waals surface area contributed by atoms with Crippen molar-refractivity contribution in [1.82, 2.24) is 0 Å². The molecule has 0 saturated heterocycles. The van der Waals surface area contributed by atoms with Crippen molar-refractivity contribution in [2.75, 3.05) is 0 Å². The van der Waals surface area contributed by atoms with Crippen LogP contribution in [0.4, 0.5) is 4.39 Å². The molecule has 0 amide bonds. The van der Waals surface area contributed by atoms with E-state index < -0.39 is 0 Å². The lowest BCUT2D eigenvalue weighted by molar-refractivity contribution is 0.382. The van der Waals surface area contributed by atoms with E-state index in [-0.39, 0.29) is 11.2 Å². The standard InChI is InChI=1S/C7H13F/c1-5-6(8)7(2,3)4/h5H,1-4H3. The van der Waals surface area contributed by atoms with Gasteiger partial charge in [0.2, 0.25) is 0 Å². The Hall–Kier alpha value is -0.330. The first-order valence-corrected chi connectivity index (χ1v) is 2.81. The van der Waals surface area contributed by atoms with E-state index in [2.05, 4.69) is 0 Å². The molecular weight excluding hydrogens is 103 g/mol. The Labute approximate surface area is 50.4 Å². The van der Waals surface area contributed by atoms with Crippen molar-refractivity contribution in [3.8, 4) is 0 Å². The largest absolute Gasteiger partial charge is 0.212 e. The van der Waals surface area contributed by atoms with Crippen LogP contribution in [0.3, 0.4) is 0 Å². The first-order chi connectivity index (χ1) is 3.48. The van der Waals surface area contributed by atoms with Crippen LogP contribution in [0.25, 0.3) is 0 Å². The molecule has 0 aliphatic heterocycles. The van der Waals surface area contributed by atoms with Crippen molar-refractivity contribution in [3.63, 3.8) is 0 Å². The first kappa shape index (κ1) is 7.67. The molecular formula is C7H13F. The van der Waals surface area contributed by atoms with Crippen LogP contribution < -0.4 is 0 Å². The van der Waals surface area contributed by atoms with Crippen LogP contribution in [0.2, 0.25) is 0 Å². The lowest BCUT2D eigenvalue weighted by Gasteiger charge is -2.14. The summed E-state index contributed by atoms with van der Waals surface area (Å²) in [7, 11) is 0. The number of halogens is 1. The van der Waals surface area contributed by atoms with Gasteiger partial charge in [-0.25, -0.2) is 4.39 Å². The predicted molar refractivity (Wildman–Crippen MR) is 34.3 cm³/mol. The zero-order valence-corrected chi connectivity index (χ0v) is 5.96. The summed E-state index contributed by atoms with van der Waals surface area (Å²) in [6.07, 6.45) is 1.50. The maximum absolute atomic E-state index is 12.5. The van der Waals surface area contributed by atoms with E-state index in [9.17, 15) is 4.39 Å². The van der Waals surface area contributed by atoms with Gasteiger partial charge in [-0.05, 0) is 6.92 Å². The molecule has 0 bridgehead atoms. The van der Waals surface area contributed by atoms with Crippen molar-refractivity contribution in [1.29, 1.82) is 0 Å². The molecule has 0 fully saturated rings. The smallest absolute Gasteiger partial charge is 0.101 e. The molecule has 0 aromatic rings. The molecule has 0 N–H and O–H groups in total. The highest BCUT2D eigenvalue weighted by Gasteiger charge is 2.14. The van der Waals surface area contributed by atoms with E-state index in [4.69, 9.17) is 0 Å². The summed E-state index contributed by atoms with van der Waals surface area (Å²) in [6.45, 7) is 7.26. The number of allylic oxidation sites excluding steroid dienone is 2. The second-order valence-electron chi connectivity index (χ2n) is 2.89. The number of rotatable bonds is 0. The lowest BCUT2D eigenvalue weighted by Crippen LogP contribution is -2.04. The quantitative estimate of drug-likeness (QED) is 0.456. The highest BCUT2D eigenvalue weighted by molar-refractivity contribution is 4.99. The highest BCUT2D eigenvalue weighted by atomic mass is 19.1. The SMILES string of the molecule is CC=C(F)C(C)(C)C. The molecule has 0 aromatic carbocycles. The fraction of sp³-hybridized carbons (Fsp3) is 0.714. The van der Waals surface area contributed by atoms with Crippen LogP contribution in [0.15, 0.2) is 11.9 Å². The van der Waals surface area contributed by atoms with E-state index in [1.165, 1.54) is 6.08 Å². The number of hydrogen-bond donors (Lipinski definition) is 0. The maximum Gasteiger partial charge on any atom is 0.101 e. The van der Waals surface area contributed by atoms with Crippen LogP contribution in [-0.4, -0.2) is 0 Å². The zero-order chi connectivity index (χ0) is 6.78. The van der Waals surface area contributed by atoms with E-state index >= 15 is 0 Å². The zero-order valence-electron chi connectivity index (χ0n) is 5.96. The van der Waals surface area contributed by atoms with Gasteiger partial charge in [0.05, 0.1) is 0 Å². The summed E-state index contributed by atoms with van der Waals surface area (Å²) in [5.74, 6) is -0.0440. The van der Waals surface area contributed by atoms with Gasteiger partial charge < -0.3 is 0 Å². The van der Waals surface area contributed by atoms with E-state index in [1.807, 2.05) is 20.8 Å². The second-order valence-corrected chi connectivity index (χ2v) is 2.89. The minimum atomic E-state index is -0.297. The van der Waals surface area contributed by atoms with E-state index in [1.54, 1.807) is 6.92 Å². The Morgan fingerprint density at radius 1 is 1.38 bits per heavy atom. The Balaban J connectivity index is 4.03. The van der Waals surface area contributed by atoms with Gasteiger partial charge in [0.1, 0.15) is 5.83 Å². The van der Waals surface area contributed by atoms with Gasteiger partial charge >= 0.3 is 0 Å². The Kier molecular flexibility index (Phi) is 2.20. The third kappa shape index (κ3) is 2.10. The van der Waals surface area contributed by atoms with Crippen molar-refractivity contribution in [2.24, 2.45) is 5.41 Å². The van der Waals surface area contributed by atoms with Crippen LogP contribution in [0, 0.1) is 5.41 Å². The molecule has 0 heterocycles. The van der Waals surface area contributed by atoms with Gasteiger partial charge in [-0.3, -0.25) is 0 Å². The first-order valence-electron chi connectivity index (χ1n) is 2.81. The van der Waals surface area contributed by atoms with E-state index in [0.717, 1.165) is 0 Å². The molecule has 0 saturated carbocycles. The molecule has 48 valence electrons. The molecule has 0 rings (SSSR count). The molecule has 0 aliphatic rings. The Morgan fingerprint density at radius 3 is 1.75 bits per heavy atom. The average molecular weight is 116 g/mol. The van der Waals surface area contributed by atoms with Gasteiger partial charge in [-0.1, -0.05) is 26.8 Å². The van der Waals surface area contributed by atoms with Crippen molar-refractivity contribution in [3.05, 3.63) is 11.9 Å². The highest BCUT2D eigenvalue weighted by Crippen LogP contribution is 2.25. The van der Waals surface area contributed by atoms with Crippen molar-refractivity contribution in [2.45, 2.75) is 27.7 Å². The molecule has 0 nitrogen and oxygen atoms in total. The third-order valence-corrected chi connectivity index (χ3v) is 0.970. The van der Waals surface area contributed by atoms with Gasteiger partial charge in [0.15, 0.2) is 0 Å². The summed E-state index contributed by atoms with van der Waals surface area (Å²) < 4.78 is 12.5. The molecule has 0 spiro atoms. The summed E-state index contributed by atoms with van der Waals surface area (Å²) >= 11 is 0. The minimum Gasteiger partial charge on any atom is -0.212 e.